The van der Waals surface area contributed by atoms with E-state index in [4.69, 9.17) is 5.73 Å². The van der Waals surface area contributed by atoms with Crippen molar-refractivity contribution in [3.05, 3.63) is 29.8 Å². The van der Waals surface area contributed by atoms with Crippen molar-refractivity contribution in [2.45, 2.75) is 30.4 Å². The molecule has 0 fully saturated rings. The molecule has 14 heavy (non-hydrogen) atoms. The normalized spacial score (nSPS) is 11.4. The molecule has 2 N–H and O–H groups in total. The minimum Gasteiger partial charge on any atom is -0.366 e. The number of hydrogen-bond donors (Lipinski definition) is 1. The van der Waals surface area contributed by atoms with Crippen LogP contribution >= 0.6 is 11.8 Å². The first kappa shape index (κ1) is 11.1. The van der Waals surface area contributed by atoms with E-state index >= 15 is 0 Å². The number of hydrogen-bond acceptors (Lipinski definition) is 2. The summed E-state index contributed by atoms with van der Waals surface area (Å²) in [5.74, 6) is -0.377. The molecule has 0 radical (unpaired) electrons. The molecule has 1 aromatic rings. The molecule has 2 nitrogen and oxygen atoms in total. The molecule has 0 saturated heterocycles. The van der Waals surface area contributed by atoms with Crippen LogP contribution in [-0.4, -0.2) is 10.7 Å². The molecule has 0 aromatic heterocycles. The Bertz CT molecular complexity index is 324. The first-order valence-corrected chi connectivity index (χ1v) is 5.29. The Morgan fingerprint density at radius 1 is 1.21 bits per heavy atom. The molecule has 0 heterocycles. The molecule has 76 valence electrons. The van der Waals surface area contributed by atoms with Gasteiger partial charge in [-0.15, -0.1) is 11.8 Å². The van der Waals surface area contributed by atoms with Gasteiger partial charge in [-0.25, -0.2) is 0 Å². The second kappa shape index (κ2) is 4.05. The molecule has 1 amide bonds. The van der Waals surface area contributed by atoms with Gasteiger partial charge >= 0.3 is 0 Å². The molecule has 3 heteroatoms. The Morgan fingerprint density at radius 2 is 1.71 bits per heavy atom. The van der Waals surface area contributed by atoms with Gasteiger partial charge in [0, 0.05) is 15.2 Å². The van der Waals surface area contributed by atoms with Crippen molar-refractivity contribution in [2.24, 2.45) is 5.73 Å². The standard InChI is InChI=1S/C11H15NOS/c1-11(2,3)14-9-6-4-8(5-7-9)10(12)13/h4-7H,1-3H3,(H2,12,13). The van der Waals surface area contributed by atoms with E-state index in [1.54, 1.807) is 23.9 Å². The Labute approximate surface area is 88.9 Å². The molecular formula is C11H15NOS. The predicted molar refractivity (Wildman–Crippen MR) is 60.6 cm³/mol. The average molecular weight is 209 g/mol. The molecule has 0 spiro atoms. The summed E-state index contributed by atoms with van der Waals surface area (Å²) in [5.41, 5.74) is 5.70. The molecule has 1 rings (SSSR count). The van der Waals surface area contributed by atoms with Gasteiger partial charge in [-0.1, -0.05) is 20.8 Å². The monoisotopic (exact) mass is 209 g/mol. The summed E-state index contributed by atoms with van der Waals surface area (Å²) in [7, 11) is 0. The fourth-order valence-corrected chi connectivity index (χ4v) is 2.02. The van der Waals surface area contributed by atoms with Crippen molar-refractivity contribution >= 4 is 17.7 Å². The van der Waals surface area contributed by atoms with Gasteiger partial charge in [-0.3, -0.25) is 4.79 Å². The predicted octanol–water partition coefficient (Wildman–Crippen LogP) is 2.68. The highest BCUT2D eigenvalue weighted by molar-refractivity contribution is 8.00. The van der Waals surface area contributed by atoms with Crippen molar-refractivity contribution in [2.75, 3.05) is 0 Å². The summed E-state index contributed by atoms with van der Waals surface area (Å²) < 4.78 is 0.189. The summed E-state index contributed by atoms with van der Waals surface area (Å²) in [6.07, 6.45) is 0. The highest BCUT2D eigenvalue weighted by Gasteiger charge is 2.11. The van der Waals surface area contributed by atoms with E-state index in [1.807, 2.05) is 12.1 Å². The molecule has 0 aliphatic rings. The van der Waals surface area contributed by atoms with Crippen LogP contribution in [0.3, 0.4) is 0 Å². The zero-order chi connectivity index (χ0) is 10.8. The maximum atomic E-state index is 10.8. The fraction of sp³-hybridized carbons (Fsp3) is 0.364. The third-order valence-corrected chi connectivity index (χ3v) is 2.68. The minimum atomic E-state index is -0.377. The van der Waals surface area contributed by atoms with Gasteiger partial charge < -0.3 is 5.73 Å². The van der Waals surface area contributed by atoms with Gasteiger partial charge in [0.15, 0.2) is 0 Å². The van der Waals surface area contributed by atoms with E-state index in [2.05, 4.69) is 20.8 Å². The van der Waals surface area contributed by atoms with Crippen LogP contribution in [0.2, 0.25) is 0 Å². The first-order chi connectivity index (χ1) is 6.38. The summed E-state index contributed by atoms with van der Waals surface area (Å²) in [4.78, 5) is 12.0. The molecular weight excluding hydrogens is 194 g/mol. The second-order valence-electron chi connectivity index (χ2n) is 4.10. The van der Waals surface area contributed by atoms with Gasteiger partial charge in [0.05, 0.1) is 0 Å². The summed E-state index contributed by atoms with van der Waals surface area (Å²) in [6, 6.07) is 7.37. The largest absolute Gasteiger partial charge is 0.366 e. The van der Waals surface area contributed by atoms with Crippen LogP contribution in [-0.2, 0) is 0 Å². The topological polar surface area (TPSA) is 43.1 Å². The molecule has 0 atom stereocenters. The molecule has 0 saturated carbocycles. The van der Waals surface area contributed by atoms with Crippen molar-refractivity contribution in [1.82, 2.24) is 0 Å². The lowest BCUT2D eigenvalue weighted by Gasteiger charge is -2.17. The Morgan fingerprint density at radius 3 is 2.07 bits per heavy atom. The Kier molecular flexibility index (Phi) is 3.21. The molecule has 0 unspecified atom stereocenters. The van der Waals surface area contributed by atoms with Crippen LogP contribution < -0.4 is 5.73 Å². The lowest BCUT2D eigenvalue weighted by atomic mass is 10.2. The minimum absolute atomic E-state index is 0.189. The second-order valence-corrected chi connectivity index (χ2v) is 6.00. The highest BCUT2D eigenvalue weighted by Crippen LogP contribution is 2.31. The molecule has 0 aliphatic carbocycles. The lowest BCUT2D eigenvalue weighted by molar-refractivity contribution is 0.100. The quantitative estimate of drug-likeness (QED) is 0.761. The lowest BCUT2D eigenvalue weighted by Crippen LogP contribution is -2.10. The molecule has 1 aromatic carbocycles. The highest BCUT2D eigenvalue weighted by atomic mass is 32.2. The maximum Gasteiger partial charge on any atom is 0.248 e. The van der Waals surface area contributed by atoms with Gasteiger partial charge in [-0.05, 0) is 24.3 Å². The average Bonchev–Trinajstić information content (AvgIpc) is 2.02. The summed E-state index contributed by atoms with van der Waals surface area (Å²) >= 11 is 1.77. The fourth-order valence-electron chi connectivity index (χ4n) is 1.04. The van der Waals surface area contributed by atoms with Crippen molar-refractivity contribution in [3.63, 3.8) is 0 Å². The van der Waals surface area contributed by atoms with Gasteiger partial charge in [0.1, 0.15) is 0 Å². The summed E-state index contributed by atoms with van der Waals surface area (Å²) in [6.45, 7) is 6.46. The maximum absolute atomic E-state index is 10.8. The number of carbonyl (C=O) groups excluding carboxylic acids is 1. The number of thioether (sulfide) groups is 1. The number of benzene rings is 1. The van der Waals surface area contributed by atoms with E-state index in [1.165, 1.54) is 0 Å². The van der Waals surface area contributed by atoms with Crippen LogP contribution in [0.1, 0.15) is 31.1 Å². The van der Waals surface area contributed by atoms with Gasteiger partial charge in [0.25, 0.3) is 0 Å². The van der Waals surface area contributed by atoms with E-state index in [0.29, 0.717) is 5.56 Å². The number of primary amides is 1. The van der Waals surface area contributed by atoms with Crippen LogP contribution in [0.25, 0.3) is 0 Å². The zero-order valence-electron chi connectivity index (χ0n) is 8.70. The number of nitrogens with two attached hydrogens (primary N) is 1. The van der Waals surface area contributed by atoms with Crippen LogP contribution in [0.15, 0.2) is 29.2 Å². The van der Waals surface area contributed by atoms with E-state index < -0.39 is 0 Å². The SMILES string of the molecule is CC(C)(C)Sc1ccc(C(N)=O)cc1. The van der Waals surface area contributed by atoms with Crippen LogP contribution in [0.5, 0.6) is 0 Å². The molecule has 0 aliphatic heterocycles. The number of amides is 1. The van der Waals surface area contributed by atoms with Gasteiger partial charge in [0.2, 0.25) is 5.91 Å². The van der Waals surface area contributed by atoms with Gasteiger partial charge in [-0.2, -0.15) is 0 Å². The van der Waals surface area contributed by atoms with E-state index in [9.17, 15) is 4.79 Å². The zero-order valence-corrected chi connectivity index (χ0v) is 9.52. The van der Waals surface area contributed by atoms with Crippen LogP contribution in [0, 0.1) is 0 Å². The van der Waals surface area contributed by atoms with E-state index in [0.717, 1.165) is 4.90 Å². The number of carbonyl (C=O) groups is 1. The molecule has 0 bridgehead atoms. The van der Waals surface area contributed by atoms with Crippen molar-refractivity contribution in [1.29, 1.82) is 0 Å². The van der Waals surface area contributed by atoms with Crippen molar-refractivity contribution in [3.8, 4) is 0 Å². The Balaban J connectivity index is 2.79. The van der Waals surface area contributed by atoms with E-state index in [-0.39, 0.29) is 10.7 Å². The first-order valence-electron chi connectivity index (χ1n) is 4.47. The smallest absolute Gasteiger partial charge is 0.248 e. The number of rotatable bonds is 2. The third kappa shape index (κ3) is 3.42. The van der Waals surface area contributed by atoms with Crippen LogP contribution in [0.4, 0.5) is 0 Å². The Hall–Kier alpha value is -0.960. The third-order valence-electron chi connectivity index (χ3n) is 1.56. The summed E-state index contributed by atoms with van der Waals surface area (Å²) in [5, 5.41) is 0. The van der Waals surface area contributed by atoms with Crippen molar-refractivity contribution < 1.29 is 4.79 Å².